The molecule has 1 aromatic carbocycles. The molecule has 3 heterocycles. The zero-order valence-electron chi connectivity index (χ0n) is 17.2. The van der Waals surface area contributed by atoms with Gasteiger partial charge in [-0.25, -0.2) is 0 Å². The number of rotatable bonds is 3. The summed E-state index contributed by atoms with van der Waals surface area (Å²) in [5.74, 6) is 2.36. The highest BCUT2D eigenvalue weighted by atomic mass is 79.9. The fourth-order valence-electron chi connectivity index (χ4n) is 6.21. The van der Waals surface area contributed by atoms with Crippen LogP contribution in [0.1, 0.15) is 35.6 Å². The lowest BCUT2D eigenvalue weighted by molar-refractivity contribution is -0.136. The summed E-state index contributed by atoms with van der Waals surface area (Å²) in [6, 6.07) is 8.60. The van der Waals surface area contributed by atoms with E-state index in [1.165, 1.54) is 41.0 Å². The summed E-state index contributed by atoms with van der Waals surface area (Å²) in [5.41, 5.74) is 1.30. The minimum absolute atomic E-state index is 0.00595. The molecule has 5 atom stereocenters. The molecule has 0 spiro atoms. The van der Waals surface area contributed by atoms with Crippen LogP contribution in [-0.2, 0) is 16.1 Å². The first-order valence-corrected chi connectivity index (χ1v) is 13.6. The summed E-state index contributed by atoms with van der Waals surface area (Å²) in [6.45, 7) is 2.53. The van der Waals surface area contributed by atoms with Crippen molar-refractivity contribution >= 4 is 44.9 Å². The number of morpholine rings is 1. The number of aromatic nitrogens is 1. The summed E-state index contributed by atoms with van der Waals surface area (Å²) in [5, 5.41) is 1.60. The topological polar surface area (TPSA) is 51.5 Å². The van der Waals surface area contributed by atoms with Gasteiger partial charge >= 0.3 is 4.87 Å². The average Bonchev–Trinajstić information content (AvgIpc) is 3.47. The molecule has 1 saturated heterocycles. The molecule has 2 saturated carbocycles. The van der Waals surface area contributed by atoms with Gasteiger partial charge in [-0.15, -0.1) is 11.8 Å². The minimum Gasteiger partial charge on any atom is -0.378 e. The number of amides is 1. The van der Waals surface area contributed by atoms with Gasteiger partial charge in [0.25, 0.3) is 0 Å². The standard InChI is InChI=1S/C23H25BrN2O3S2/c24-16-3-1-2-13(11-16)19-18-14-4-5-15(10-14)20(18)30-22-21(19)31-23(28)26(22)12-17(27)25-6-8-29-9-7-25/h1-3,11,14-15,18-20H,4-10,12H2/t14?,15?,18?,19-,20?/m0/s1. The van der Waals surface area contributed by atoms with E-state index >= 15 is 0 Å². The van der Waals surface area contributed by atoms with Crippen LogP contribution in [0.2, 0.25) is 0 Å². The smallest absolute Gasteiger partial charge is 0.308 e. The van der Waals surface area contributed by atoms with Crippen molar-refractivity contribution in [1.29, 1.82) is 0 Å². The first-order valence-electron chi connectivity index (χ1n) is 11.1. The molecule has 164 valence electrons. The summed E-state index contributed by atoms with van der Waals surface area (Å²) in [6.07, 6.45) is 3.94. The number of carbonyl (C=O) groups excluding carboxylic acids is 1. The Hall–Kier alpha value is -1.09. The lowest BCUT2D eigenvalue weighted by atomic mass is 9.75. The van der Waals surface area contributed by atoms with Gasteiger partial charge < -0.3 is 9.64 Å². The third-order valence-corrected chi connectivity index (χ3v) is 10.9. The highest BCUT2D eigenvalue weighted by Crippen LogP contribution is 2.64. The molecule has 6 rings (SSSR count). The van der Waals surface area contributed by atoms with Crippen LogP contribution < -0.4 is 4.87 Å². The van der Waals surface area contributed by atoms with Gasteiger partial charge in [0.2, 0.25) is 5.91 Å². The van der Waals surface area contributed by atoms with Crippen molar-refractivity contribution in [3.05, 3.63) is 48.8 Å². The Labute approximate surface area is 198 Å². The van der Waals surface area contributed by atoms with Crippen molar-refractivity contribution in [2.24, 2.45) is 17.8 Å². The molecule has 2 aromatic rings. The monoisotopic (exact) mass is 520 g/mol. The second-order valence-corrected chi connectivity index (χ2v) is 12.2. The second kappa shape index (κ2) is 8.04. The minimum atomic E-state index is 0.00595. The number of thiazole rings is 1. The SMILES string of the molecule is O=C(Cn1c2c(sc1=O)[C@@H](c1cccc(Br)c1)C1C3CCC(C3)C1S2)N1CCOCC1. The Morgan fingerprint density at radius 3 is 2.81 bits per heavy atom. The highest BCUT2D eigenvalue weighted by molar-refractivity contribution is 9.10. The van der Waals surface area contributed by atoms with Crippen molar-refractivity contribution in [3.63, 3.8) is 0 Å². The Balaban J connectivity index is 1.41. The quantitative estimate of drug-likeness (QED) is 0.608. The van der Waals surface area contributed by atoms with Crippen LogP contribution >= 0.6 is 39.0 Å². The Bertz CT molecular complexity index is 1080. The van der Waals surface area contributed by atoms with Crippen LogP contribution in [0.15, 0.2) is 38.6 Å². The van der Waals surface area contributed by atoms with Gasteiger partial charge in [-0.05, 0) is 54.7 Å². The van der Waals surface area contributed by atoms with Gasteiger partial charge in [-0.2, -0.15) is 0 Å². The zero-order chi connectivity index (χ0) is 21.1. The van der Waals surface area contributed by atoms with Crippen LogP contribution in [0.25, 0.3) is 0 Å². The van der Waals surface area contributed by atoms with Crippen molar-refractivity contribution in [2.45, 2.75) is 42.0 Å². The van der Waals surface area contributed by atoms with Gasteiger partial charge in [0, 0.05) is 33.6 Å². The number of carbonyl (C=O) groups is 1. The molecule has 3 fully saturated rings. The van der Waals surface area contributed by atoms with E-state index in [1.807, 2.05) is 16.7 Å². The number of hydrogen-bond donors (Lipinski definition) is 0. The Morgan fingerprint density at radius 2 is 2.00 bits per heavy atom. The Kier molecular flexibility index (Phi) is 5.32. The number of nitrogens with zero attached hydrogens (tertiary/aromatic N) is 2. The summed E-state index contributed by atoms with van der Waals surface area (Å²) < 4.78 is 8.23. The van der Waals surface area contributed by atoms with Crippen LogP contribution in [-0.4, -0.2) is 46.9 Å². The molecule has 1 amide bonds. The summed E-state index contributed by atoms with van der Waals surface area (Å²) in [4.78, 5) is 29.1. The number of fused-ring (bicyclic) bond motifs is 6. The van der Waals surface area contributed by atoms with E-state index in [1.54, 1.807) is 4.57 Å². The average molecular weight is 522 g/mol. The summed E-state index contributed by atoms with van der Waals surface area (Å²) >= 11 is 6.91. The number of hydrogen-bond acceptors (Lipinski definition) is 5. The fraction of sp³-hybridized carbons (Fsp3) is 0.565. The van der Waals surface area contributed by atoms with Crippen molar-refractivity contribution in [2.75, 3.05) is 26.3 Å². The van der Waals surface area contributed by atoms with Gasteiger partial charge in [0.05, 0.1) is 18.2 Å². The van der Waals surface area contributed by atoms with E-state index in [2.05, 4.69) is 40.2 Å². The van der Waals surface area contributed by atoms with E-state index in [0.29, 0.717) is 37.5 Å². The van der Waals surface area contributed by atoms with Gasteiger partial charge in [0.1, 0.15) is 6.54 Å². The molecule has 0 N–H and O–H groups in total. The van der Waals surface area contributed by atoms with Crippen molar-refractivity contribution < 1.29 is 9.53 Å². The molecule has 31 heavy (non-hydrogen) atoms. The first kappa shape index (κ1) is 20.5. The number of thioether (sulfide) groups is 1. The van der Waals surface area contributed by atoms with E-state index in [9.17, 15) is 9.59 Å². The third-order valence-electron chi connectivity index (χ3n) is 7.56. The maximum Gasteiger partial charge on any atom is 0.308 e. The van der Waals surface area contributed by atoms with E-state index in [0.717, 1.165) is 21.3 Å². The normalized spacial score (nSPS) is 31.5. The number of halogens is 1. The molecule has 5 nitrogen and oxygen atoms in total. The third kappa shape index (κ3) is 3.45. The van der Waals surface area contributed by atoms with Gasteiger partial charge in [0.15, 0.2) is 0 Å². The van der Waals surface area contributed by atoms with E-state index in [4.69, 9.17) is 4.74 Å². The molecule has 4 unspecified atom stereocenters. The molecule has 2 aliphatic heterocycles. The molecule has 4 aliphatic rings. The summed E-state index contributed by atoms with van der Waals surface area (Å²) in [7, 11) is 0. The number of benzene rings is 1. The van der Waals surface area contributed by atoms with Crippen LogP contribution in [0.5, 0.6) is 0 Å². The van der Waals surface area contributed by atoms with Crippen LogP contribution in [0.3, 0.4) is 0 Å². The van der Waals surface area contributed by atoms with E-state index < -0.39 is 0 Å². The molecule has 2 bridgehead atoms. The van der Waals surface area contributed by atoms with E-state index in [-0.39, 0.29) is 23.2 Å². The predicted octanol–water partition coefficient (Wildman–Crippen LogP) is 4.18. The van der Waals surface area contributed by atoms with Crippen molar-refractivity contribution in [1.82, 2.24) is 9.47 Å². The first-order chi connectivity index (χ1) is 15.1. The molecule has 0 radical (unpaired) electrons. The maximum absolute atomic E-state index is 13.1. The second-order valence-electron chi connectivity index (χ2n) is 9.14. The van der Waals surface area contributed by atoms with Crippen LogP contribution in [0, 0.1) is 17.8 Å². The van der Waals surface area contributed by atoms with Crippen molar-refractivity contribution in [3.8, 4) is 0 Å². The molecular weight excluding hydrogens is 496 g/mol. The van der Waals surface area contributed by atoms with Gasteiger partial charge in [-0.3, -0.25) is 14.2 Å². The maximum atomic E-state index is 13.1. The fourth-order valence-corrected chi connectivity index (χ4v) is 9.78. The largest absolute Gasteiger partial charge is 0.378 e. The van der Waals surface area contributed by atoms with Crippen LogP contribution in [0.4, 0.5) is 0 Å². The predicted molar refractivity (Wildman–Crippen MR) is 126 cm³/mol. The Morgan fingerprint density at radius 1 is 1.19 bits per heavy atom. The lowest BCUT2D eigenvalue weighted by Crippen LogP contribution is -2.43. The van der Waals surface area contributed by atoms with Gasteiger partial charge in [-0.1, -0.05) is 39.4 Å². The molecule has 1 aromatic heterocycles. The lowest BCUT2D eigenvalue weighted by Gasteiger charge is -2.40. The zero-order valence-corrected chi connectivity index (χ0v) is 20.4. The molecule has 8 heteroatoms. The highest BCUT2D eigenvalue weighted by Gasteiger charge is 2.55. The number of ether oxygens (including phenoxy) is 1. The molecular formula is C23H25BrN2O3S2. The molecule has 2 aliphatic carbocycles.